The second-order valence-corrected chi connectivity index (χ2v) is 7.29. The van der Waals surface area contributed by atoms with Gasteiger partial charge in [-0.05, 0) is 36.5 Å². The predicted octanol–water partition coefficient (Wildman–Crippen LogP) is 3.49. The van der Waals surface area contributed by atoms with Crippen LogP contribution in [0.3, 0.4) is 0 Å². The van der Waals surface area contributed by atoms with Gasteiger partial charge in [0.05, 0.1) is 6.54 Å². The Morgan fingerprint density at radius 1 is 1.11 bits per heavy atom. The van der Waals surface area contributed by atoms with E-state index in [1.165, 1.54) is 24.2 Å². The maximum absolute atomic E-state index is 12.7. The molecule has 0 saturated heterocycles. The van der Waals surface area contributed by atoms with Gasteiger partial charge >= 0.3 is 6.03 Å². The average molecular weight is 369 g/mol. The van der Waals surface area contributed by atoms with E-state index in [0.29, 0.717) is 18.2 Å². The molecule has 6 heteroatoms. The molecule has 0 unspecified atom stereocenters. The van der Waals surface area contributed by atoms with Gasteiger partial charge in [-0.15, -0.1) is 0 Å². The summed E-state index contributed by atoms with van der Waals surface area (Å²) in [4.78, 5) is 28.0. The molecule has 27 heavy (non-hydrogen) atoms. The minimum absolute atomic E-state index is 0.109. The van der Waals surface area contributed by atoms with Crippen molar-refractivity contribution in [3.63, 3.8) is 0 Å². The number of nitrogens with zero attached hydrogens (tertiary/aromatic N) is 2. The van der Waals surface area contributed by atoms with E-state index in [1.807, 2.05) is 35.2 Å². The van der Waals surface area contributed by atoms with Gasteiger partial charge in [-0.2, -0.15) is 0 Å². The predicted molar refractivity (Wildman–Crippen MR) is 103 cm³/mol. The van der Waals surface area contributed by atoms with Crippen LogP contribution in [0.2, 0.25) is 0 Å². The Labute approximate surface area is 160 Å². The van der Waals surface area contributed by atoms with Crippen molar-refractivity contribution in [2.75, 3.05) is 20.6 Å². The van der Waals surface area contributed by atoms with E-state index in [-0.39, 0.29) is 24.2 Å². The smallest absolute Gasteiger partial charge is 0.318 e. The molecule has 6 nitrogen and oxygen atoms in total. The highest BCUT2D eigenvalue weighted by Gasteiger charge is 2.24. The van der Waals surface area contributed by atoms with Gasteiger partial charge in [0.2, 0.25) is 0 Å². The van der Waals surface area contributed by atoms with Gasteiger partial charge in [0.15, 0.2) is 5.76 Å². The van der Waals surface area contributed by atoms with Gasteiger partial charge in [-0.25, -0.2) is 4.79 Å². The Bertz CT molecular complexity index is 766. The van der Waals surface area contributed by atoms with Crippen molar-refractivity contribution in [3.8, 4) is 0 Å². The summed E-state index contributed by atoms with van der Waals surface area (Å²) in [6, 6.07) is 13.3. The summed E-state index contributed by atoms with van der Waals surface area (Å²) >= 11 is 0. The molecule has 1 saturated carbocycles. The lowest BCUT2D eigenvalue weighted by Gasteiger charge is -2.32. The van der Waals surface area contributed by atoms with Crippen molar-refractivity contribution in [3.05, 3.63) is 59.5 Å². The van der Waals surface area contributed by atoms with Crippen molar-refractivity contribution in [2.24, 2.45) is 5.92 Å². The van der Waals surface area contributed by atoms with Crippen LogP contribution in [0.4, 0.5) is 4.79 Å². The topological polar surface area (TPSA) is 65.8 Å². The third-order valence-electron chi connectivity index (χ3n) is 4.90. The zero-order valence-corrected chi connectivity index (χ0v) is 16.0. The van der Waals surface area contributed by atoms with E-state index in [2.05, 4.69) is 5.32 Å². The first-order valence-corrected chi connectivity index (χ1v) is 9.40. The SMILES string of the molecule is CN(C)C(=O)c1ccc(CNC(=O)N(Cc2ccccc2)CC2CCC2)o1. The molecular weight excluding hydrogens is 342 g/mol. The van der Waals surface area contributed by atoms with Crippen LogP contribution in [-0.2, 0) is 13.1 Å². The third-order valence-corrected chi connectivity index (χ3v) is 4.90. The largest absolute Gasteiger partial charge is 0.454 e. The number of hydrogen-bond acceptors (Lipinski definition) is 3. The van der Waals surface area contributed by atoms with Crippen LogP contribution in [0, 0.1) is 5.92 Å². The highest BCUT2D eigenvalue weighted by Crippen LogP contribution is 2.27. The lowest BCUT2D eigenvalue weighted by atomic mass is 9.85. The van der Waals surface area contributed by atoms with Crippen LogP contribution in [0.15, 0.2) is 46.9 Å². The average Bonchev–Trinajstić information content (AvgIpc) is 3.10. The molecule has 1 heterocycles. The molecule has 0 spiro atoms. The second-order valence-electron chi connectivity index (χ2n) is 7.29. The first-order chi connectivity index (χ1) is 13.0. The number of carbonyl (C=O) groups is 2. The minimum Gasteiger partial charge on any atom is -0.454 e. The van der Waals surface area contributed by atoms with Crippen molar-refractivity contribution >= 4 is 11.9 Å². The summed E-state index contributed by atoms with van der Waals surface area (Å²) in [5.74, 6) is 1.24. The van der Waals surface area contributed by atoms with Crippen molar-refractivity contribution in [1.82, 2.24) is 15.1 Å². The molecule has 1 aromatic heterocycles. The lowest BCUT2D eigenvalue weighted by Crippen LogP contribution is -2.42. The number of urea groups is 1. The first kappa shape index (κ1) is 19.0. The number of amides is 3. The van der Waals surface area contributed by atoms with E-state index in [1.54, 1.807) is 26.2 Å². The van der Waals surface area contributed by atoms with Crippen LogP contribution >= 0.6 is 0 Å². The molecule has 2 aromatic rings. The van der Waals surface area contributed by atoms with Crippen LogP contribution in [-0.4, -0.2) is 42.4 Å². The number of furan rings is 1. The normalized spacial score (nSPS) is 13.7. The van der Waals surface area contributed by atoms with Gasteiger partial charge in [0.25, 0.3) is 5.91 Å². The van der Waals surface area contributed by atoms with E-state index >= 15 is 0 Å². The maximum Gasteiger partial charge on any atom is 0.318 e. The molecule has 1 aromatic carbocycles. The lowest BCUT2D eigenvalue weighted by molar-refractivity contribution is 0.0794. The molecule has 3 amide bonds. The summed E-state index contributed by atoms with van der Waals surface area (Å²) < 4.78 is 5.54. The second kappa shape index (κ2) is 8.75. The first-order valence-electron chi connectivity index (χ1n) is 9.40. The zero-order valence-electron chi connectivity index (χ0n) is 16.0. The molecule has 0 aliphatic heterocycles. The molecule has 3 rings (SSSR count). The fraction of sp³-hybridized carbons (Fsp3) is 0.429. The molecular formula is C21H27N3O3. The van der Waals surface area contributed by atoms with E-state index in [4.69, 9.17) is 4.42 Å². The Kier molecular flexibility index (Phi) is 6.16. The summed E-state index contributed by atoms with van der Waals surface area (Å²) in [5.41, 5.74) is 1.11. The van der Waals surface area contributed by atoms with Gasteiger partial charge in [-0.1, -0.05) is 36.8 Å². The number of rotatable bonds is 7. The summed E-state index contributed by atoms with van der Waals surface area (Å²) in [6.45, 7) is 1.62. The molecule has 1 aliphatic carbocycles. The molecule has 0 radical (unpaired) electrons. The summed E-state index contributed by atoms with van der Waals surface area (Å²) in [5, 5.41) is 2.92. The summed E-state index contributed by atoms with van der Waals surface area (Å²) in [7, 11) is 3.35. The van der Waals surface area contributed by atoms with Gasteiger partial charge in [0.1, 0.15) is 5.76 Å². The third kappa shape index (κ3) is 5.12. The number of benzene rings is 1. The van der Waals surface area contributed by atoms with E-state index < -0.39 is 0 Å². The van der Waals surface area contributed by atoms with Crippen molar-refractivity contribution in [1.29, 1.82) is 0 Å². The molecule has 1 aliphatic rings. The van der Waals surface area contributed by atoms with Crippen molar-refractivity contribution in [2.45, 2.75) is 32.4 Å². The molecule has 1 N–H and O–H groups in total. The number of hydrogen-bond donors (Lipinski definition) is 1. The van der Waals surface area contributed by atoms with Crippen molar-refractivity contribution < 1.29 is 14.0 Å². The van der Waals surface area contributed by atoms with Gasteiger partial charge < -0.3 is 19.5 Å². The standard InChI is InChI=1S/C21H27N3O3/c1-23(2)20(25)19-12-11-18(27-19)13-22-21(26)24(15-17-9-6-10-17)14-16-7-4-3-5-8-16/h3-5,7-8,11-12,17H,6,9-10,13-15H2,1-2H3,(H,22,26). The van der Waals surface area contributed by atoms with Crippen LogP contribution in [0.5, 0.6) is 0 Å². The number of nitrogens with one attached hydrogen (secondary N) is 1. The Morgan fingerprint density at radius 3 is 2.48 bits per heavy atom. The summed E-state index contributed by atoms with van der Waals surface area (Å²) in [6.07, 6.45) is 3.63. The highest BCUT2D eigenvalue weighted by molar-refractivity contribution is 5.91. The molecule has 1 fully saturated rings. The molecule has 144 valence electrons. The highest BCUT2D eigenvalue weighted by atomic mass is 16.4. The van der Waals surface area contributed by atoms with Crippen LogP contribution in [0.1, 0.15) is 41.1 Å². The van der Waals surface area contributed by atoms with Crippen LogP contribution in [0.25, 0.3) is 0 Å². The molecule has 0 atom stereocenters. The Morgan fingerprint density at radius 2 is 1.85 bits per heavy atom. The van der Waals surface area contributed by atoms with E-state index in [0.717, 1.165) is 12.1 Å². The maximum atomic E-state index is 12.7. The quantitative estimate of drug-likeness (QED) is 0.812. The fourth-order valence-electron chi connectivity index (χ4n) is 3.09. The van der Waals surface area contributed by atoms with Crippen LogP contribution < -0.4 is 5.32 Å². The Balaban J connectivity index is 1.59. The zero-order chi connectivity index (χ0) is 19.2. The fourth-order valence-corrected chi connectivity index (χ4v) is 3.09. The monoisotopic (exact) mass is 369 g/mol. The minimum atomic E-state index is -0.191. The Hall–Kier alpha value is -2.76. The number of carbonyl (C=O) groups excluding carboxylic acids is 2. The van der Waals surface area contributed by atoms with E-state index in [9.17, 15) is 9.59 Å². The van der Waals surface area contributed by atoms with Gasteiger partial charge in [-0.3, -0.25) is 4.79 Å². The van der Waals surface area contributed by atoms with Gasteiger partial charge in [0, 0.05) is 27.2 Å². The molecule has 0 bridgehead atoms.